The molecule has 2 N–H and O–H groups in total. The molecule has 0 amide bonds. The van der Waals surface area contributed by atoms with E-state index in [-0.39, 0.29) is 6.04 Å². The Morgan fingerprint density at radius 1 is 1.17 bits per heavy atom. The molecule has 0 aliphatic carbocycles. The van der Waals surface area contributed by atoms with E-state index in [4.69, 9.17) is 5.73 Å². The summed E-state index contributed by atoms with van der Waals surface area (Å²) in [5.74, 6) is 2.17. The molecule has 1 atom stereocenters. The van der Waals surface area contributed by atoms with Gasteiger partial charge in [0.25, 0.3) is 0 Å². The summed E-state index contributed by atoms with van der Waals surface area (Å²) in [5, 5.41) is 8.57. The number of hydrogen-bond donors (Lipinski definition) is 1. The van der Waals surface area contributed by atoms with E-state index < -0.39 is 0 Å². The van der Waals surface area contributed by atoms with Gasteiger partial charge in [0, 0.05) is 25.4 Å². The zero-order valence-electron chi connectivity index (χ0n) is 10.4. The van der Waals surface area contributed by atoms with Gasteiger partial charge < -0.3 is 10.3 Å². The van der Waals surface area contributed by atoms with E-state index in [1.54, 1.807) is 0 Å². The fourth-order valence-electron chi connectivity index (χ4n) is 2.49. The number of nitrogens with zero attached hydrogens (tertiary/aromatic N) is 3. The fraction of sp³-hybridized carbons (Fsp3) is 0.429. The largest absolute Gasteiger partial charge is 0.326 e. The monoisotopic (exact) mass is 242 g/mol. The van der Waals surface area contributed by atoms with Crippen LogP contribution in [0.4, 0.5) is 0 Å². The second-order valence-corrected chi connectivity index (χ2v) is 4.93. The molecule has 2 aromatic rings. The Labute approximate surface area is 107 Å². The van der Waals surface area contributed by atoms with Crippen LogP contribution in [-0.2, 0) is 25.8 Å². The molecule has 18 heavy (non-hydrogen) atoms. The summed E-state index contributed by atoms with van der Waals surface area (Å²) in [4.78, 5) is 0. The molecule has 4 nitrogen and oxygen atoms in total. The number of aromatic nitrogens is 3. The van der Waals surface area contributed by atoms with E-state index in [0.717, 1.165) is 43.9 Å². The minimum absolute atomic E-state index is 0.254. The highest BCUT2D eigenvalue weighted by Gasteiger charge is 2.19. The predicted molar refractivity (Wildman–Crippen MR) is 70.2 cm³/mol. The average molecular weight is 242 g/mol. The smallest absolute Gasteiger partial charge is 0.133 e. The molecule has 0 radical (unpaired) electrons. The zero-order valence-corrected chi connectivity index (χ0v) is 10.4. The van der Waals surface area contributed by atoms with Crippen molar-refractivity contribution in [2.75, 3.05) is 0 Å². The molecule has 1 unspecified atom stereocenters. The van der Waals surface area contributed by atoms with Crippen molar-refractivity contribution in [3.8, 4) is 0 Å². The van der Waals surface area contributed by atoms with Gasteiger partial charge in [-0.1, -0.05) is 30.3 Å². The third-order valence-electron chi connectivity index (χ3n) is 3.54. The lowest BCUT2D eigenvalue weighted by atomic mass is 10.1. The van der Waals surface area contributed by atoms with Crippen molar-refractivity contribution in [3.05, 3.63) is 47.5 Å². The van der Waals surface area contributed by atoms with E-state index in [2.05, 4.69) is 39.0 Å². The van der Waals surface area contributed by atoms with E-state index in [1.807, 2.05) is 6.07 Å². The summed E-state index contributed by atoms with van der Waals surface area (Å²) in [6, 6.07) is 10.7. The van der Waals surface area contributed by atoms with Crippen molar-refractivity contribution >= 4 is 0 Å². The Morgan fingerprint density at radius 2 is 2.00 bits per heavy atom. The van der Waals surface area contributed by atoms with Crippen molar-refractivity contribution < 1.29 is 0 Å². The summed E-state index contributed by atoms with van der Waals surface area (Å²) in [7, 11) is 0. The van der Waals surface area contributed by atoms with Crippen LogP contribution in [0.2, 0.25) is 0 Å². The lowest BCUT2D eigenvalue weighted by molar-refractivity contribution is 0.443. The quantitative estimate of drug-likeness (QED) is 0.883. The van der Waals surface area contributed by atoms with Crippen LogP contribution in [0.5, 0.6) is 0 Å². The zero-order chi connectivity index (χ0) is 12.4. The molecule has 3 rings (SSSR count). The van der Waals surface area contributed by atoms with E-state index in [0.29, 0.717) is 0 Å². The standard InChI is InChI=1S/C14H18N4/c15-12-7-9-14-17-16-13(18(14)10-12)8-6-11-4-2-1-3-5-11/h1-5,12H,6-10,15H2. The molecule has 1 aliphatic heterocycles. The summed E-state index contributed by atoms with van der Waals surface area (Å²) in [5.41, 5.74) is 7.35. The number of rotatable bonds is 3. The number of fused-ring (bicyclic) bond motifs is 1. The van der Waals surface area contributed by atoms with Gasteiger partial charge in [0.2, 0.25) is 0 Å². The van der Waals surface area contributed by atoms with Crippen molar-refractivity contribution in [2.45, 2.75) is 38.3 Å². The van der Waals surface area contributed by atoms with Gasteiger partial charge >= 0.3 is 0 Å². The number of nitrogens with two attached hydrogens (primary N) is 1. The minimum Gasteiger partial charge on any atom is -0.326 e. The molecule has 1 aromatic heterocycles. The first kappa shape index (κ1) is 11.4. The van der Waals surface area contributed by atoms with Crippen LogP contribution in [-0.4, -0.2) is 20.8 Å². The van der Waals surface area contributed by atoms with Gasteiger partial charge in [0.15, 0.2) is 0 Å². The average Bonchev–Trinajstić information content (AvgIpc) is 2.80. The normalized spacial score (nSPS) is 18.6. The highest BCUT2D eigenvalue weighted by atomic mass is 15.3. The SMILES string of the molecule is NC1CCc2nnc(CCc3ccccc3)n2C1. The minimum atomic E-state index is 0.254. The highest BCUT2D eigenvalue weighted by Crippen LogP contribution is 2.15. The second-order valence-electron chi connectivity index (χ2n) is 4.93. The molecule has 4 heteroatoms. The first-order valence-electron chi connectivity index (χ1n) is 6.53. The summed E-state index contributed by atoms with van der Waals surface area (Å²) < 4.78 is 2.21. The highest BCUT2D eigenvalue weighted by molar-refractivity contribution is 5.16. The summed E-state index contributed by atoms with van der Waals surface area (Å²) in [6.45, 7) is 0.868. The summed E-state index contributed by atoms with van der Waals surface area (Å²) in [6.07, 6.45) is 3.92. The molecule has 2 heterocycles. The first-order valence-corrected chi connectivity index (χ1v) is 6.53. The fourth-order valence-corrected chi connectivity index (χ4v) is 2.49. The Kier molecular flexibility index (Phi) is 3.11. The Morgan fingerprint density at radius 3 is 2.83 bits per heavy atom. The Balaban J connectivity index is 1.72. The molecule has 94 valence electrons. The van der Waals surface area contributed by atoms with E-state index in [9.17, 15) is 0 Å². The van der Waals surface area contributed by atoms with Crippen LogP contribution in [0.15, 0.2) is 30.3 Å². The lowest BCUT2D eigenvalue weighted by Crippen LogP contribution is -2.32. The second kappa shape index (κ2) is 4.90. The molecule has 0 bridgehead atoms. The van der Waals surface area contributed by atoms with Crippen LogP contribution in [0.3, 0.4) is 0 Å². The number of benzene rings is 1. The lowest BCUT2D eigenvalue weighted by Gasteiger charge is -2.20. The van der Waals surface area contributed by atoms with Crippen molar-refractivity contribution in [1.29, 1.82) is 0 Å². The van der Waals surface area contributed by atoms with Crippen LogP contribution in [0.25, 0.3) is 0 Å². The van der Waals surface area contributed by atoms with Gasteiger partial charge in [0.1, 0.15) is 11.6 Å². The molecule has 0 fully saturated rings. The van der Waals surface area contributed by atoms with Gasteiger partial charge in [-0.25, -0.2) is 0 Å². The summed E-state index contributed by atoms with van der Waals surface area (Å²) >= 11 is 0. The van der Waals surface area contributed by atoms with E-state index >= 15 is 0 Å². The maximum absolute atomic E-state index is 6.01. The van der Waals surface area contributed by atoms with Crippen LogP contribution in [0, 0.1) is 0 Å². The maximum atomic E-state index is 6.01. The number of hydrogen-bond acceptors (Lipinski definition) is 3. The van der Waals surface area contributed by atoms with E-state index in [1.165, 1.54) is 5.56 Å². The molecule has 1 aromatic carbocycles. The van der Waals surface area contributed by atoms with Gasteiger partial charge in [0.05, 0.1) is 0 Å². The molecule has 0 saturated heterocycles. The van der Waals surface area contributed by atoms with Gasteiger partial charge in [-0.2, -0.15) is 0 Å². The predicted octanol–water partition coefficient (Wildman–Crippen LogP) is 1.34. The van der Waals surface area contributed by atoms with Crippen LogP contribution < -0.4 is 5.73 Å². The van der Waals surface area contributed by atoms with Crippen molar-refractivity contribution in [2.24, 2.45) is 5.73 Å². The molecular weight excluding hydrogens is 224 g/mol. The Bertz CT molecular complexity index is 518. The van der Waals surface area contributed by atoms with Crippen molar-refractivity contribution in [1.82, 2.24) is 14.8 Å². The molecule has 1 aliphatic rings. The third-order valence-corrected chi connectivity index (χ3v) is 3.54. The van der Waals surface area contributed by atoms with Gasteiger partial charge in [-0.05, 0) is 18.4 Å². The van der Waals surface area contributed by atoms with Gasteiger partial charge in [-0.15, -0.1) is 10.2 Å². The molecule has 0 spiro atoms. The van der Waals surface area contributed by atoms with Gasteiger partial charge in [-0.3, -0.25) is 0 Å². The Hall–Kier alpha value is -1.68. The maximum Gasteiger partial charge on any atom is 0.133 e. The number of aryl methyl sites for hydroxylation is 3. The first-order chi connectivity index (χ1) is 8.83. The van der Waals surface area contributed by atoms with Crippen LogP contribution >= 0.6 is 0 Å². The van der Waals surface area contributed by atoms with Crippen LogP contribution in [0.1, 0.15) is 23.6 Å². The molecule has 0 saturated carbocycles. The van der Waals surface area contributed by atoms with Crippen molar-refractivity contribution in [3.63, 3.8) is 0 Å². The third kappa shape index (κ3) is 2.29. The topological polar surface area (TPSA) is 56.7 Å². The molecular formula is C14H18N4.